The molecule has 2 aromatic rings. The summed E-state index contributed by atoms with van der Waals surface area (Å²) in [4.78, 5) is 14.8. The fourth-order valence-electron chi connectivity index (χ4n) is 2.69. The van der Waals surface area contributed by atoms with Crippen molar-refractivity contribution in [2.45, 2.75) is 32.3 Å². The quantitative estimate of drug-likeness (QED) is 0.889. The Labute approximate surface area is 135 Å². The SMILES string of the molecule is Cc1ccc([C@H](O)CNC(=O)[C@H]2C[C@@H]2c2ccc(C)s2)cc1. The van der Waals surface area contributed by atoms with E-state index in [0.29, 0.717) is 5.92 Å². The Kier molecular flexibility index (Phi) is 4.32. The Bertz CT molecular complexity index is 662. The molecule has 0 saturated heterocycles. The first kappa shape index (κ1) is 15.3. The summed E-state index contributed by atoms with van der Waals surface area (Å²) in [6.07, 6.45) is 0.276. The summed E-state index contributed by atoms with van der Waals surface area (Å²) in [7, 11) is 0. The zero-order valence-corrected chi connectivity index (χ0v) is 13.7. The van der Waals surface area contributed by atoms with Gasteiger partial charge >= 0.3 is 0 Å². The van der Waals surface area contributed by atoms with Gasteiger partial charge in [0.15, 0.2) is 0 Å². The van der Waals surface area contributed by atoms with Gasteiger partial charge in [0.1, 0.15) is 0 Å². The van der Waals surface area contributed by atoms with E-state index >= 15 is 0 Å². The van der Waals surface area contributed by atoms with Crippen LogP contribution in [0.25, 0.3) is 0 Å². The van der Waals surface area contributed by atoms with Crippen LogP contribution in [-0.4, -0.2) is 17.6 Å². The molecule has 0 aliphatic heterocycles. The molecular formula is C18H21NO2S. The van der Waals surface area contributed by atoms with Gasteiger partial charge in [-0.3, -0.25) is 4.79 Å². The second-order valence-electron chi connectivity index (χ2n) is 6.07. The summed E-state index contributed by atoms with van der Waals surface area (Å²) in [6.45, 7) is 4.37. The molecule has 1 saturated carbocycles. The second kappa shape index (κ2) is 6.23. The molecular weight excluding hydrogens is 294 g/mol. The van der Waals surface area contributed by atoms with Gasteiger partial charge in [0.25, 0.3) is 0 Å². The number of aliphatic hydroxyl groups excluding tert-OH is 1. The monoisotopic (exact) mass is 315 g/mol. The van der Waals surface area contributed by atoms with Gasteiger partial charge in [-0.2, -0.15) is 0 Å². The second-order valence-corrected chi connectivity index (χ2v) is 7.39. The van der Waals surface area contributed by atoms with E-state index in [1.807, 2.05) is 31.2 Å². The molecule has 116 valence electrons. The summed E-state index contributed by atoms with van der Waals surface area (Å²) < 4.78 is 0. The van der Waals surface area contributed by atoms with Gasteiger partial charge in [-0.05, 0) is 38.0 Å². The summed E-state index contributed by atoms with van der Waals surface area (Å²) in [5.41, 5.74) is 2.00. The van der Waals surface area contributed by atoms with Crippen LogP contribution in [0, 0.1) is 19.8 Å². The van der Waals surface area contributed by atoms with Crippen LogP contribution in [-0.2, 0) is 4.79 Å². The first-order valence-corrected chi connectivity index (χ1v) is 8.45. The number of nitrogens with one attached hydrogen (secondary N) is 1. The molecule has 2 N–H and O–H groups in total. The number of thiophene rings is 1. The number of amides is 1. The molecule has 0 bridgehead atoms. The van der Waals surface area contributed by atoms with E-state index in [9.17, 15) is 9.90 Å². The van der Waals surface area contributed by atoms with Crippen molar-refractivity contribution in [1.82, 2.24) is 5.32 Å². The fraction of sp³-hybridized carbons (Fsp3) is 0.389. The molecule has 3 rings (SSSR count). The Morgan fingerprint density at radius 3 is 2.64 bits per heavy atom. The molecule has 1 aromatic heterocycles. The van der Waals surface area contributed by atoms with Crippen LogP contribution in [0.2, 0.25) is 0 Å². The number of rotatable bonds is 5. The first-order chi connectivity index (χ1) is 10.5. The highest BCUT2D eigenvalue weighted by atomic mass is 32.1. The minimum Gasteiger partial charge on any atom is -0.387 e. The lowest BCUT2D eigenvalue weighted by molar-refractivity contribution is -0.122. The lowest BCUT2D eigenvalue weighted by Crippen LogP contribution is -2.29. The van der Waals surface area contributed by atoms with Crippen molar-refractivity contribution in [3.8, 4) is 0 Å². The van der Waals surface area contributed by atoms with E-state index in [-0.39, 0.29) is 18.4 Å². The molecule has 1 fully saturated rings. The third kappa shape index (κ3) is 3.39. The lowest BCUT2D eigenvalue weighted by Gasteiger charge is -2.12. The van der Waals surface area contributed by atoms with Gasteiger partial charge in [-0.15, -0.1) is 11.3 Å². The minimum atomic E-state index is -0.647. The molecule has 0 spiro atoms. The average Bonchev–Trinajstić information content (AvgIpc) is 3.20. The Morgan fingerprint density at radius 2 is 2.00 bits per heavy atom. The fourth-order valence-corrected chi connectivity index (χ4v) is 3.74. The van der Waals surface area contributed by atoms with E-state index in [4.69, 9.17) is 0 Å². The van der Waals surface area contributed by atoms with Gasteiger partial charge in [-0.25, -0.2) is 0 Å². The Morgan fingerprint density at radius 1 is 1.27 bits per heavy atom. The zero-order valence-electron chi connectivity index (χ0n) is 12.9. The predicted octanol–water partition coefficient (Wildman–Crippen LogP) is 3.32. The van der Waals surface area contributed by atoms with Crippen LogP contribution in [0.3, 0.4) is 0 Å². The van der Waals surface area contributed by atoms with Crippen LogP contribution in [0.1, 0.15) is 39.3 Å². The van der Waals surface area contributed by atoms with E-state index in [0.717, 1.165) is 17.5 Å². The predicted molar refractivity (Wildman–Crippen MR) is 89.1 cm³/mol. The summed E-state index contributed by atoms with van der Waals surface area (Å²) >= 11 is 1.77. The summed E-state index contributed by atoms with van der Waals surface area (Å²) in [5, 5.41) is 13.0. The molecule has 1 amide bonds. The molecule has 1 aliphatic rings. The molecule has 4 heteroatoms. The van der Waals surface area contributed by atoms with E-state index in [1.54, 1.807) is 11.3 Å². The maximum Gasteiger partial charge on any atom is 0.223 e. The maximum absolute atomic E-state index is 12.2. The standard InChI is InChI=1S/C18H21NO2S/c1-11-3-6-13(7-4-11)16(20)10-19-18(21)15-9-14(15)17-8-5-12(2)22-17/h3-8,14-16,20H,9-10H2,1-2H3,(H,19,21)/t14-,15-,16+/m0/s1. The van der Waals surface area contributed by atoms with Crippen LogP contribution in [0.5, 0.6) is 0 Å². The number of benzene rings is 1. The number of hydrogen-bond donors (Lipinski definition) is 2. The van der Waals surface area contributed by atoms with Gasteiger partial charge in [0.2, 0.25) is 5.91 Å². The number of aryl methyl sites for hydroxylation is 2. The van der Waals surface area contributed by atoms with Crippen molar-refractivity contribution >= 4 is 17.2 Å². The van der Waals surface area contributed by atoms with E-state index < -0.39 is 6.10 Å². The Balaban J connectivity index is 1.50. The van der Waals surface area contributed by atoms with Crippen molar-refractivity contribution in [3.05, 3.63) is 57.3 Å². The summed E-state index contributed by atoms with van der Waals surface area (Å²) in [6, 6.07) is 12.0. The highest BCUT2D eigenvalue weighted by Crippen LogP contribution is 2.49. The average molecular weight is 315 g/mol. The molecule has 1 aromatic carbocycles. The lowest BCUT2D eigenvalue weighted by atomic mass is 10.1. The molecule has 0 radical (unpaired) electrons. The van der Waals surface area contributed by atoms with E-state index in [1.165, 1.54) is 9.75 Å². The maximum atomic E-state index is 12.2. The third-order valence-electron chi connectivity index (χ3n) is 4.19. The number of hydrogen-bond acceptors (Lipinski definition) is 3. The minimum absolute atomic E-state index is 0.0576. The summed E-state index contributed by atoms with van der Waals surface area (Å²) in [5.74, 6) is 0.501. The van der Waals surface area contributed by atoms with Crippen LogP contribution in [0.15, 0.2) is 36.4 Å². The van der Waals surface area contributed by atoms with Gasteiger partial charge in [-0.1, -0.05) is 29.8 Å². The highest BCUT2D eigenvalue weighted by molar-refractivity contribution is 7.12. The van der Waals surface area contributed by atoms with Crippen molar-refractivity contribution in [2.24, 2.45) is 5.92 Å². The van der Waals surface area contributed by atoms with Crippen molar-refractivity contribution in [1.29, 1.82) is 0 Å². The number of carbonyl (C=O) groups excluding carboxylic acids is 1. The van der Waals surface area contributed by atoms with Crippen LogP contribution < -0.4 is 5.32 Å². The highest BCUT2D eigenvalue weighted by Gasteiger charge is 2.44. The van der Waals surface area contributed by atoms with Crippen LogP contribution >= 0.6 is 11.3 Å². The van der Waals surface area contributed by atoms with Crippen molar-refractivity contribution < 1.29 is 9.90 Å². The van der Waals surface area contributed by atoms with Gasteiger partial charge < -0.3 is 10.4 Å². The smallest absolute Gasteiger partial charge is 0.223 e. The van der Waals surface area contributed by atoms with Gasteiger partial charge in [0, 0.05) is 28.1 Å². The Hall–Kier alpha value is -1.65. The first-order valence-electron chi connectivity index (χ1n) is 7.63. The third-order valence-corrected chi connectivity index (χ3v) is 5.32. The van der Waals surface area contributed by atoms with Gasteiger partial charge in [0.05, 0.1) is 6.10 Å². The number of carbonyl (C=O) groups is 1. The van der Waals surface area contributed by atoms with Crippen molar-refractivity contribution in [2.75, 3.05) is 6.54 Å². The number of aliphatic hydroxyl groups is 1. The largest absolute Gasteiger partial charge is 0.387 e. The topological polar surface area (TPSA) is 49.3 Å². The van der Waals surface area contributed by atoms with E-state index in [2.05, 4.69) is 24.4 Å². The molecule has 0 unspecified atom stereocenters. The molecule has 3 nitrogen and oxygen atoms in total. The van der Waals surface area contributed by atoms with Crippen LogP contribution in [0.4, 0.5) is 0 Å². The molecule has 1 heterocycles. The van der Waals surface area contributed by atoms with Crippen molar-refractivity contribution in [3.63, 3.8) is 0 Å². The zero-order chi connectivity index (χ0) is 15.7. The molecule has 1 aliphatic carbocycles. The molecule has 22 heavy (non-hydrogen) atoms. The molecule has 3 atom stereocenters. The normalized spacial score (nSPS) is 21.4.